The normalized spacial score (nSPS) is 22.0. The number of aryl methyl sites for hydroxylation is 2. The molecule has 2 aliphatic heterocycles. The SMILES string of the molecule is CC1(N2CCCC2)CCc2ccc(-c3cnc4n[nH]c(-c5ccc(C(=O)NC6CCOCC6)cc5)c4c3)cc2CC1. The second kappa shape index (κ2) is 11.0. The molecule has 2 aromatic carbocycles. The molecule has 0 bridgehead atoms. The van der Waals surface area contributed by atoms with E-state index in [1.807, 2.05) is 30.5 Å². The number of ether oxygens (including phenoxy) is 1. The summed E-state index contributed by atoms with van der Waals surface area (Å²) in [7, 11) is 0. The lowest BCUT2D eigenvalue weighted by atomic mass is 9.90. The Labute approximate surface area is 241 Å². The van der Waals surface area contributed by atoms with E-state index in [-0.39, 0.29) is 11.9 Å². The second-order valence-corrected chi connectivity index (χ2v) is 12.3. The maximum absolute atomic E-state index is 12.8. The first-order valence-electron chi connectivity index (χ1n) is 15.3. The predicted molar refractivity (Wildman–Crippen MR) is 162 cm³/mol. The van der Waals surface area contributed by atoms with Crippen LogP contribution in [0.15, 0.2) is 54.7 Å². The first-order valence-corrected chi connectivity index (χ1v) is 15.3. The Bertz CT molecular complexity index is 1550. The number of nitrogens with zero attached hydrogens (tertiary/aromatic N) is 3. The van der Waals surface area contributed by atoms with Crippen LogP contribution in [0.3, 0.4) is 0 Å². The highest BCUT2D eigenvalue weighted by Gasteiger charge is 2.34. The Morgan fingerprint density at radius 1 is 0.951 bits per heavy atom. The van der Waals surface area contributed by atoms with Crippen LogP contribution in [-0.2, 0) is 17.6 Å². The Kier molecular flexibility index (Phi) is 7.09. The largest absolute Gasteiger partial charge is 0.381 e. The van der Waals surface area contributed by atoms with E-state index in [2.05, 4.69) is 51.6 Å². The lowest BCUT2D eigenvalue weighted by Gasteiger charge is -2.38. The number of likely N-dealkylation sites (tertiary alicyclic amines) is 1. The van der Waals surface area contributed by atoms with Crippen molar-refractivity contribution in [2.75, 3.05) is 26.3 Å². The molecule has 2 fully saturated rings. The van der Waals surface area contributed by atoms with Gasteiger partial charge < -0.3 is 10.1 Å². The topological polar surface area (TPSA) is 83.1 Å². The smallest absolute Gasteiger partial charge is 0.251 e. The Hall–Kier alpha value is -3.55. The molecule has 2 aromatic heterocycles. The van der Waals surface area contributed by atoms with Crippen molar-refractivity contribution in [3.63, 3.8) is 0 Å². The van der Waals surface area contributed by atoms with Gasteiger partial charge in [-0.05, 0) is 106 Å². The number of fused-ring (bicyclic) bond motifs is 2. The average molecular weight is 550 g/mol. The molecule has 4 heterocycles. The fourth-order valence-corrected chi connectivity index (χ4v) is 6.96. The number of hydrogen-bond acceptors (Lipinski definition) is 5. The number of carbonyl (C=O) groups is 1. The maximum atomic E-state index is 12.8. The summed E-state index contributed by atoms with van der Waals surface area (Å²) < 4.78 is 5.40. The van der Waals surface area contributed by atoms with Crippen LogP contribution in [0.5, 0.6) is 0 Å². The molecule has 1 unspecified atom stereocenters. The van der Waals surface area contributed by atoms with Crippen molar-refractivity contribution in [3.05, 3.63) is 71.4 Å². The number of carbonyl (C=O) groups excluding carboxylic acids is 1. The van der Waals surface area contributed by atoms with Gasteiger partial charge in [0.25, 0.3) is 5.91 Å². The first-order chi connectivity index (χ1) is 20.1. The summed E-state index contributed by atoms with van der Waals surface area (Å²) in [6, 6.07) is 17.1. The lowest BCUT2D eigenvalue weighted by Crippen LogP contribution is -2.44. The average Bonchev–Trinajstić information content (AvgIpc) is 3.68. The van der Waals surface area contributed by atoms with E-state index in [9.17, 15) is 4.79 Å². The Balaban J connectivity index is 1.11. The molecule has 41 heavy (non-hydrogen) atoms. The van der Waals surface area contributed by atoms with Crippen LogP contribution in [0.2, 0.25) is 0 Å². The molecular formula is C34H39N5O2. The van der Waals surface area contributed by atoms with E-state index in [0.717, 1.165) is 47.9 Å². The van der Waals surface area contributed by atoms with E-state index in [1.54, 1.807) is 0 Å². The van der Waals surface area contributed by atoms with Gasteiger partial charge in [-0.15, -0.1) is 0 Å². The molecule has 7 rings (SSSR count). The van der Waals surface area contributed by atoms with Crippen LogP contribution in [0.25, 0.3) is 33.4 Å². The van der Waals surface area contributed by atoms with Gasteiger partial charge in [0.15, 0.2) is 5.65 Å². The monoisotopic (exact) mass is 549 g/mol. The van der Waals surface area contributed by atoms with Gasteiger partial charge in [0.2, 0.25) is 0 Å². The van der Waals surface area contributed by atoms with Crippen LogP contribution in [0, 0.1) is 0 Å². The number of benzene rings is 2. The standard InChI is InChI=1S/C34H39N5O2/c1-34(39-16-2-3-17-39)14-10-23-4-9-26(20-27(23)11-15-34)28-21-30-31(37-38-32(30)35-22-28)24-5-7-25(8-6-24)33(40)36-29-12-18-41-19-13-29/h4-9,20-22,29H,2-3,10-19H2,1H3,(H,36,40)(H,35,37,38). The van der Waals surface area contributed by atoms with Gasteiger partial charge in [-0.25, -0.2) is 4.98 Å². The van der Waals surface area contributed by atoms with Crippen LogP contribution in [0.4, 0.5) is 0 Å². The third-order valence-electron chi connectivity index (χ3n) is 9.68. The summed E-state index contributed by atoms with van der Waals surface area (Å²) in [6.45, 7) is 6.40. The van der Waals surface area contributed by atoms with Gasteiger partial charge in [0.1, 0.15) is 0 Å². The van der Waals surface area contributed by atoms with Crippen LogP contribution >= 0.6 is 0 Å². The van der Waals surface area contributed by atoms with Gasteiger partial charge in [-0.2, -0.15) is 5.10 Å². The summed E-state index contributed by atoms with van der Waals surface area (Å²) in [5, 5.41) is 11.8. The molecule has 1 aliphatic carbocycles. The highest BCUT2D eigenvalue weighted by atomic mass is 16.5. The summed E-state index contributed by atoms with van der Waals surface area (Å²) in [5.74, 6) is -0.0363. The Morgan fingerprint density at radius 2 is 1.68 bits per heavy atom. The number of rotatable bonds is 5. The van der Waals surface area contributed by atoms with E-state index >= 15 is 0 Å². The molecule has 7 nitrogen and oxygen atoms in total. The fourth-order valence-electron chi connectivity index (χ4n) is 6.96. The molecule has 0 spiro atoms. The molecule has 212 valence electrons. The van der Waals surface area contributed by atoms with Gasteiger partial charge in [-0.3, -0.25) is 14.8 Å². The minimum Gasteiger partial charge on any atom is -0.381 e. The number of H-pyrrole nitrogens is 1. The summed E-state index contributed by atoms with van der Waals surface area (Å²) in [6.07, 6.45) is 11.1. The quantitative estimate of drug-likeness (QED) is 0.301. The zero-order chi connectivity index (χ0) is 27.8. The van der Waals surface area contributed by atoms with Gasteiger partial charge in [0.05, 0.1) is 5.69 Å². The number of aromatic amines is 1. The van der Waals surface area contributed by atoms with Crippen LogP contribution < -0.4 is 5.32 Å². The molecule has 4 aromatic rings. The number of pyridine rings is 1. The molecule has 0 radical (unpaired) electrons. The van der Waals surface area contributed by atoms with Crippen molar-refractivity contribution in [2.24, 2.45) is 0 Å². The van der Waals surface area contributed by atoms with Crippen molar-refractivity contribution in [1.29, 1.82) is 0 Å². The molecule has 1 atom stereocenters. The molecule has 3 aliphatic rings. The Morgan fingerprint density at radius 3 is 2.46 bits per heavy atom. The van der Waals surface area contributed by atoms with Gasteiger partial charge in [-0.1, -0.05) is 30.3 Å². The summed E-state index contributed by atoms with van der Waals surface area (Å²) >= 11 is 0. The summed E-state index contributed by atoms with van der Waals surface area (Å²) in [4.78, 5) is 20.2. The molecule has 2 N–H and O–H groups in total. The van der Waals surface area contributed by atoms with Gasteiger partial charge in [0, 0.05) is 53.1 Å². The van der Waals surface area contributed by atoms with E-state index in [0.29, 0.717) is 30.0 Å². The van der Waals surface area contributed by atoms with E-state index < -0.39 is 0 Å². The molecule has 7 heteroatoms. The van der Waals surface area contributed by atoms with Crippen molar-refractivity contribution >= 4 is 16.9 Å². The van der Waals surface area contributed by atoms with Crippen LogP contribution in [-0.4, -0.2) is 63.9 Å². The van der Waals surface area contributed by atoms with E-state index in [1.165, 1.54) is 55.5 Å². The minimum absolute atomic E-state index is 0.0363. The fraction of sp³-hybridized carbons (Fsp3) is 0.441. The zero-order valence-electron chi connectivity index (χ0n) is 23.9. The van der Waals surface area contributed by atoms with Crippen molar-refractivity contribution in [2.45, 2.75) is 69.9 Å². The highest BCUT2D eigenvalue weighted by Crippen LogP contribution is 2.36. The number of hydrogen-bond donors (Lipinski definition) is 2. The second-order valence-electron chi connectivity index (χ2n) is 12.3. The third kappa shape index (κ3) is 5.29. The van der Waals surface area contributed by atoms with Crippen molar-refractivity contribution < 1.29 is 9.53 Å². The molecule has 2 saturated heterocycles. The number of nitrogens with one attached hydrogen (secondary N) is 2. The molecule has 0 saturated carbocycles. The zero-order valence-corrected chi connectivity index (χ0v) is 23.9. The molecule has 1 amide bonds. The highest BCUT2D eigenvalue weighted by molar-refractivity contribution is 5.96. The minimum atomic E-state index is -0.0363. The lowest BCUT2D eigenvalue weighted by molar-refractivity contribution is 0.0696. The molecular weight excluding hydrogens is 510 g/mol. The maximum Gasteiger partial charge on any atom is 0.251 e. The van der Waals surface area contributed by atoms with Gasteiger partial charge >= 0.3 is 0 Å². The van der Waals surface area contributed by atoms with Crippen LogP contribution in [0.1, 0.15) is 66.9 Å². The summed E-state index contributed by atoms with van der Waals surface area (Å²) in [5.41, 5.74) is 8.84. The van der Waals surface area contributed by atoms with Crippen molar-refractivity contribution in [3.8, 4) is 22.4 Å². The first kappa shape index (κ1) is 26.4. The number of aromatic nitrogens is 3. The third-order valence-corrected chi connectivity index (χ3v) is 9.68. The van der Waals surface area contributed by atoms with Crippen molar-refractivity contribution in [1.82, 2.24) is 25.4 Å². The number of amides is 1. The predicted octanol–water partition coefficient (Wildman–Crippen LogP) is 5.93. The van der Waals surface area contributed by atoms with E-state index in [4.69, 9.17) is 9.72 Å².